The lowest BCUT2D eigenvalue weighted by atomic mass is 9.85. The molecule has 0 fully saturated rings. The van der Waals surface area contributed by atoms with E-state index in [1.54, 1.807) is 0 Å². The maximum Gasteiger partial charge on any atom is 0.135 e. The van der Waals surface area contributed by atoms with Crippen LogP contribution >= 0.6 is 22.7 Å². The van der Waals surface area contributed by atoms with Crippen molar-refractivity contribution in [1.82, 2.24) is 0 Å². The van der Waals surface area contributed by atoms with Crippen LogP contribution in [0.1, 0.15) is 0 Å². The predicted molar refractivity (Wildman–Crippen MR) is 223 cm³/mol. The second-order valence-electron chi connectivity index (χ2n) is 13.6. The zero-order valence-corrected chi connectivity index (χ0v) is 28.9. The molecular weight excluding hydrogens is 657 g/mol. The molecule has 51 heavy (non-hydrogen) atoms. The van der Waals surface area contributed by atoms with Gasteiger partial charge in [0, 0.05) is 41.7 Å². The van der Waals surface area contributed by atoms with Crippen molar-refractivity contribution in [2.75, 3.05) is 0 Å². The van der Waals surface area contributed by atoms with Crippen LogP contribution in [0.5, 0.6) is 0 Å². The number of fused-ring (bicyclic) bond motifs is 13. The highest BCUT2D eigenvalue weighted by Crippen LogP contribution is 2.48. The average molecular weight is 683 g/mol. The summed E-state index contributed by atoms with van der Waals surface area (Å²) in [7, 11) is 0. The van der Waals surface area contributed by atoms with Crippen molar-refractivity contribution in [3.05, 3.63) is 158 Å². The van der Waals surface area contributed by atoms with Crippen molar-refractivity contribution in [3.63, 3.8) is 0 Å². The van der Waals surface area contributed by atoms with Gasteiger partial charge < -0.3 is 4.42 Å². The molecule has 0 saturated heterocycles. The molecule has 0 atom stereocenters. The molecule has 0 unspecified atom stereocenters. The van der Waals surface area contributed by atoms with E-state index in [9.17, 15) is 0 Å². The molecule has 3 heterocycles. The van der Waals surface area contributed by atoms with Crippen LogP contribution in [-0.2, 0) is 0 Å². The van der Waals surface area contributed by atoms with Crippen LogP contribution in [0.15, 0.2) is 162 Å². The second-order valence-corrected chi connectivity index (χ2v) is 15.7. The molecule has 0 amide bonds. The topological polar surface area (TPSA) is 13.1 Å². The Balaban J connectivity index is 1.10. The summed E-state index contributed by atoms with van der Waals surface area (Å²) in [6.45, 7) is 0. The predicted octanol–water partition coefficient (Wildman–Crippen LogP) is 15.1. The third-order valence-corrected chi connectivity index (χ3v) is 13.3. The molecule has 9 aromatic carbocycles. The molecule has 0 N–H and O–H groups in total. The zero-order chi connectivity index (χ0) is 33.2. The van der Waals surface area contributed by atoms with Crippen LogP contribution in [0.25, 0.3) is 117 Å². The third-order valence-electron chi connectivity index (χ3n) is 10.8. The van der Waals surface area contributed by atoms with E-state index in [0.29, 0.717) is 0 Å². The second kappa shape index (κ2) is 10.3. The summed E-state index contributed by atoms with van der Waals surface area (Å²) >= 11 is 3.86. The van der Waals surface area contributed by atoms with Gasteiger partial charge in [0.25, 0.3) is 0 Å². The maximum atomic E-state index is 6.21. The van der Waals surface area contributed by atoms with E-state index in [1.165, 1.54) is 94.9 Å². The number of furan rings is 1. The summed E-state index contributed by atoms with van der Waals surface area (Å²) in [5.74, 6) is 0. The van der Waals surface area contributed by atoms with Crippen LogP contribution in [0.3, 0.4) is 0 Å². The number of hydrogen-bond acceptors (Lipinski definition) is 3. The quantitative estimate of drug-likeness (QED) is 0.165. The third kappa shape index (κ3) is 3.90. The largest absolute Gasteiger partial charge is 0.456 e. The van der Waals surface area contributed by atoms with Crippen molar-refractivity contribution in [3.8, 4) is 22.3 Å². The molecule has 0 spiro atoms. The molecule has 3 heteroatoms. The van der Waals surface area contributed by atoms with Gasteiger partial charge in [-0.05, 0) is 97.0 Å². The van der Waals surface area contributed by atoms with Crippen LogP contribution in [-0.4, -0.2) is 0 Å². The smallest absolute Gasteiger partial charge is 0.135 e. The van der Waals surface area contributed by atoms with Crippen LogP contribution in [0.2, 0.25) is 0 Å². The minimum atomic E-state index is 0.919. The number of rotatable bonds is 2. The van der Waals surface area contributed by atoms with Gasteiger partial charge in [-0.25, -0.2) is 0 Å². The van der Waals surface area contributed by atoms with Crippen LogP contribution in [0.4, 0.5) is 0 Å². The number of benzene rings is 9. The summed E-state index contributed by atoms with van der Waals surface area (Å²) in [6.07, 6.45) is 0. The molecule has 1 nitrogen and oxygen atoms in total. The fraction of sp³-hybridized carbons (Fsp3) is 0. The van der Waals surface area contributed by atoms with E-state index in [1.807, 2.05) is 28.7 Å². The minimum Gasteiger partial charge on any atom is -0.456 e. The molecule has 0 radical (unpaired) electrons. The molecule has 0 bridgehead atoms. The Labute approximate surface area is 300 Å². The first-order valence-electron chi connectivity index (χ1n) is 17.3. The molecular formula is C48H26OS2. The molecule has 12 aromatic rings. The van der Waals surface area contributed by atoms with Gasteiger partial charge in [0.1, 0.15) is 11.2 Å². The SMILES string of the molecule is c1ccc2cc3c(cc2c1)sc1c3ccc2c3cc(-c4c5ccccc5c(-c5ccc6oc7ccccc7c6c5)c5ccccc45)ccc3sc21. The Bertz CT molecular complexity index is 3370. The van der Waals surface area contributed by atoms with Gasteiger partial charge >= 0.3 is 0 Å². The van der Waals surface area contributed by atoms with E-state index >= 15 is 0 Å². The summed E-state index contributed by atoms with van der Waals surface area (Å²) in [6, 6.07) is 58.1. The molecule has 0 saturated carbocycles. The summed E-state index contributed by atoms with van der Waals surface area (Å²) in [4.78, 5) is 0. The monoisotopic (exact) mass is 682 g/mol. The fourth-order valence-electron chi connectivity index (χ4n) is 8.54. The van der Waals surface area contributed by atoms with Crippen molar-refractivity contribution >= 4 is 117 Å². The van der Waals surface area contributed by atoms with Gasteiger partial charge in [-0.3, -0.25) is 0 Å². The van der Waals surface area contributed by atoms with E-state index in [2.05, 4.69) is 152 Å². The lowest BCUT2D eigenvalue weighted by molar-refractivity contribution is 0.669. The van der Waals surface area contributed by atoms with Crippen LogP contribution in [0, 0.1) is 0 Å². The molecule has 12 rings (SSSR count). The Morgan fingerprint density at radius 3 is 1.47 bits per heavy atom. The van der Waals surface area contributed by atoms with Crippen molar-refractivity contribution in [1.29, 1.82) is 0 Å². The molecule has 0 aliphatic carbocycles. The fourth-order valence-corrected chi connectivity index (χ4v) is 11.1. The summed E-state index contributed by atoms with van der Waals surface area (Å²) in [5.41, 5.74) is 6.85. The Kier molecular flexibility index (Phi) is 5.59. The first-order valence-corrected chi connectivity index (χ1v) is 19.0. The number of hydrogen-bond donors (Lipinski definition) is 0. The van der Waals surface area contributed by atoms with Gasteiger partial charge in [0.05, 0.1) is 9.40 Å². The van der Waals surface area contributed by atoms with E-state index in [0.717, 1.165) is 21.9 Å². The first-order chi connectivity index (χ1) is 25.3. The average Bonchev–Trinajstić information content (AvgIpc) is 3.86. The Hall–Kier alpha value is -6.00. The van der Waals surface area contributed by atoms with Crippen molar-refractivity contribution in [2.24, 2.45) is 0 Å². The lowest BCUT2D eigenvalue weighted by Crippen LogP contribution is -1.90. The summed E-state index contributed by atoms with van der Waals surface area (Å²) < 4.78 is 11.7. The van der Waals surface area contributed by atoms with E-state index in [-0.39, 0.29) is 0 Å². The molecule has 3 aromatic heterocycles. The standard InChI is InChI=1S/C48H26OS2/c1-2-10-28-26-44-40(23-27(28)9-1)37-20-19-36-39-25-30(18-22-43(39)50-47(36)48(37)51-44)46-34-14-5-3-12-32(34)45(33-13-4-6-15-35(33)46)29-17-21-42-38(24-29)31-11-7-8-16-41(31)49-42/h1-26H. The van der Waals surface area contributed by atoms with Crippen molar-refractivity contribution in [2.45, 2.75) is 0 Å². The number of para-hydroxylation sites is 1. The highest BCUT2D eigenvalue weighted by Gasteiger charge is 2.19. The first kappa shape index (κ1) is 27.8. The Morgan fingerprint density at radius 2 is 0.804 bits per heavy atom. The minimum absolute atomic E-state index is 0.919. The van der Waals surface area contributed by atoms with Gasteiger partial charge in [-0.15, -0.1) is 22.7 Å². The van der Waals surface area contributed by atoms with Gasteiger partial charge in [-0.2, -0.15) is 0 Å². The molecule has 0 aliphatic heterocycles. The van der Waals surface area contributed by atoms with Gasteiger partial charge in [0.15, 0.2) is 0 Å². The highest BCUT2D eigenvalue weighted by molar-refractivity contribution is 7.33. The van der Waals surface area contributed by atoms with Crippen molar-refractivity contribution < 1.29 is 4.42 Å². The summed E-state index contributed by atoms with van der Waals surface area (Å²) in [5, 5.41) is 15.3. The lowest BCUT2D eigenvalue weighted by Gasteiger charge is -2.18. The number of thiophene rings is 2. The maximum absolute atomic E-state index is 6.21. The van der Waals surface area contributed by atoms with Gasteiger partial charge in [0.2, 0.25) is 0 Å². The van der Waals surface area contributed by atoms with Crippen LogP contribution < -0.4 is 0 Å². The van der Waals surface area contributed by atoms with Gasteiger partial charge in [-0.1, -0.05) is 115 Å². The normalized spacial score (nSPS) is 12.3. The molecule has 236 valence electrons. The highest BCUT2D eigenvalue weighted by atomic mass is 32.1. The Morgan fingerprint density at radius 1 is 0.314 bits per heavy atom. The molecule has 0 aliphatic rings. The zero-order valence-electron chi connectivity index (χ0n) is 27.2. The van der Waals surface area contributed by atoms with E-state index < -0.39 is 0 Å². The van der Waals surface area contributed by atoms with E-state index in [4.69, 9.17) is 4.42 Å².